The summed E-state index contributed by atoms with van der Waals surface area (Å²) in [4.78, 5) is 28.8. The number of nitro benzene ring substituents is 1. The first-order valence-corrected chi connectivity index (χ1v) is 6.01. The number of carbonyl (C=O) groups is 1. The largest absolute Gasteiger partial charge is 0.512 e. The standard InChI is InChI=1S/C11H7N3O5S/c15-11(16)19-9-5-12-6-10(13-9)20-8-3-1-2-7(4-8)14(17)18/h1-6H,(H,15,16). The summed E-state index contributed by atoms with van der Waals surface area (Å²) in [5.41, 5.74) is -0.0408. The van der Waals surface area contributed by atoms with E-state index in [9.17, 15) is 14.9 Å². The van der Waals surface area contributed by atoms with E-state index in [0.717, 1.165) is 18.0 Å². The van der Waals surface area contributed by atoms with Crippen LogP contribution in [0.1, 0.15) is 0 Å². The van der Waals surface area contributed by atoms with Gasteiger partial charge in [-0.05, 0) is 6.07 Å². The highest BCUT2D eigenvalue weighted by atomic mass is 32.2. The van der Waals surface area contributed by atoms with Crippen LogP contribution in [0, 0.1) is 10.1 Å². The van der Waals surface area contributed by atoms with Crippen molar-refractivity contribution in [2.45, 2.75) is 9.92 Å². The smallest absolute Gasteiger partial charge is 0.449 e. The Morgan fingerprint density at radius 1 is 1.40 bits per heavy atom. The molecule has 0 aliphatic heterocycles. The fourth-order valence-corrected chi connectivity index (χ4v) is 2.12. The SMILES string of the molecule is O=C(O)Oc1cncc(Sc2cccc([N+](=O)[O-])c2)n1. The minimum absolute atomic E-state index is 0.0408. The van der Waals surface area contributed by atoms with Crippen molar-refractivity contribution in [3.8, 4) is 5.88 Å². The molecule has 0 aliphatic rings. The fraction of sp³-hybridized carbons (Fsp3) is 0. The summed E-state index contributed by atoms with van der Waals surface area (Å²) in [6, 6.07) is 5.98. The molecule has 0 spiro atoms. The molecule has 1 aromatic heterocycles. The maximum atomic E-state index is 10.7. The van der Waals surface area contributed by atoms with Gasteiger partial charge in [-0.15, -0.1) is 0 Å². The van der Waals surface area contributed by atoms with Gasteiger partial charge in [-0.1, -0.05) is 17.8 Å². The summed E-state index contributed by atoms with van der Waals surface area (Å²) in [6.45, 7) is 0. The average Bonchev–Trinajstić information content (AvgIpc) is 2.38. The van der Waals surface area contributed by atoms with Crippen LogP contribution in [0.2, 0.25) is 0 Å². The molecule has 2 aromatic rings. The Kier molecular flexibility index (Phi) is 4.11. The van der Waals surface area contributed by atoms with Crippen LogP contribution < -0.4 is 4.74 Å². The molecule has 1 aromatic carbocycles. The molecule has 0 aliphatic carbocycles. The van der Waals surface area contributed by atoms with Crippen LogP contribution in [0.3, 0.4) is 0 Å². The third-order valence-electron chi connectivity index (χ3n) is 2.03. The maximum Gasteiger partial charge on any atom is 0.512 e. The third kappa shape index (κ3) is 3.65. The number of carboxylic acid groups (broad SMARTS) is 1. The van der Waals surface area contributed by atoms with Gasteiger partial charge in [-0.3, -0.25) is 15.1 Å². The molecule has 102 valence electrons. The number of ether oxygens (including phenoxy) is 1. The van der Waals surface area contributed by atoms with Crippen molar-refractivity contribution in [3.05, 3.63) is 46.8 Å². The molecule has 0 saturated carbocycles. The molecular formula is C11H7N3O5S. The summed E-state index contributed by atoms with van der Waals surface area (Å²) < 4.78 is 4.38. The van der Waals surface area contributed by atoms with Crippen LogP contribution in [0.5, 0.6) is 5.88 Å². The number of aromatic nitrogens is 2. The van der Waals surface area contributed by atoms with Crippen molar-refractivity contribution in [2.75, 3.05) is 0 Å². The lowest BCUT2D eigenvalue weighted by atomic mass is 10.3. The zero-order valence-corrected chi connectivity index (χ0v) is 10.6. The van der Waals surface area contributed by atoms with E-state index in [1.807, 2.05) is 0 Å². The highest BCUT2D eigenvalue weighted by Gasteiger charge is 2.09. The predicted octanol–water partition coefficient (Wildman–Crippen LogP) is 2.59. The van der Waals surface area contributed by atoms with Gasteiger partial charge in [-0.2, -0.15) is 0 Å². The van der Waals surface area contributed by atoms with Crippen molar-refractivity contribution in [1.29, 1.82) is 0 Å². The van der Waals surface area contributed by atoms with Gasteiger partial charge < -0.3 is 9.84 Å². The minimum Gasteiger partial charge on any atom is -0.449 e. The van der Waals surface area contributed by atoms with Crippen LogP contribution in [-0.4, -0.2) is 26.2 Å². The number of nitro groups is 1. The maximum absolute atomic E-state index is 10.7. The van der Waals surface area contributed by atoms with E-state index in [4.69, 9.17) is 5.11 Å². The number of non-ortho nitro benzene ring substituents is 1. The summed E-state index contributed by atoms with van der Waals surface area (Å²) in [5, 5.41) is 19.5. The van der Waals surface area contributed by atoms with Gasteiger partial charge in [0.15, 0.2) is 0 Å². The topological polar surface area (TPSA) is 115 Å². The van der Waals surface area contributed by atoms with E-state index in [-0.39, 0.29) is 11.6 Å². The quantitative estimate of drug-likeness (QED) is 0.519. The van der Waals surface area contributed by atoms with Gasteiger partial charge in [0, 0.05) is 17.0 Å². The van der Waals surface area contributed by atoms with E-state index in [0.29, 0.717) is 9.92 Å². The second-order valence-electron chi connectivity index (χ2n) is 3.42. The Hall–Kier alpha value is -2.68. The zero-order valence-electron chi connectivity index (χ0n) is 9.79. The number of hydrogen-bond acceptors (Lipinski definition) is 7. The molecule has 0 radical (unpaired) electrons. The Labute approximate surface area is 116 Å². The van der Waals surface area contributed by atoms with E-state index in [2.05, 4.69) is 14.7 Å². The minimum atomic E-state index is -1.49. The number of nitrogens with zero attached hydrogens (tertiary/aromatic N) is 3. The second-order valence-corrected chi connectivity index (χ2v) is 4.51. The molecule has 20 heavy (non-hydrogen) atoms. The Balaban J connectivity index is 2.19. The molecule has 9 heteroatoms. The van der Waals surface area contributed by atoms with Crippen LogP contribution in [-0.2, 0) is 0 Å². The highest BCUT2D eigenvalue weighted by molar-refractivity contribution is 7.99. The zero-order chi connectivity index (χ0) is 14.5. The molecule has 1 heterocycles. The first-order chi connectivity index (χ1) is 9.54. The lowest BCUT2D eigenvalue weighted by Crippen LogP contribution is -2.05. The number of benzene rings is 1. The molecule has 0 fully saturated rings. The summed E-state index contributed by atoms with van der Waals surface area (Å²) in [7, 11) is 0. The van der Waals surface area contributed by atoms with Crippen molar-refractivity contribution in [1.82, 2.24) is 9.97 Å². The lowest BCUT2D eigenvalue weighted by Gasteiger charge is -2.02. The molecule has 0 amide bonds. The molecule has 0 atom stereocenters. The summed E-state index contributed by atoms with van der Waals surface area (Å²) in [5.74, 6) is -0.159. The molecule has 0 bridgehead atoms. The van der Waals surface area contributed by atoms with Crippen molar-refractivity contribution < 1.29 is 19.6 Å². The first-order valence-electron chi connectivity index (χ1n) is 5.20. The van der Waals surface area contributed by atoms with E-state index in [1.54, 1.807) is 12.1 Å². The summed E-state index contributed by atoms with van der Waals surface area (Å²) >= 11 is 1.11. The van der Waals surface area contributed by atoms with E-state index in [1.165, 1.54) is 18.3 Å². The Morgan fingerprint density at radius 3 is 2.90 bits per heavy atom. The Bertz CT molecular complexity index is 664. The molecule has 0 unspecified atom stereocenters. The van der Waals surface area contributed by atoms with Crippen molar-refractivity contribution in [2.24, 2.45) is 0 Å². The van der Waals surface area contributed by atoms with Crippen molar-refractivity contribution >= 4 is 23.6 Å². The predicted molar refractivity (Wildman–Crippen MR) is 67.9 cm³/mol. The molecule has 1 N–H and O–H groups in total. The molecular weight excluding hydrogens is 286 g/mol. The highest BCUT2D eigenvalue weighted by Crippen LogP contribution is 2.29. The normalized spacial score (nSPS) is 10.0. The van der Waals surface area contributed by atoms with Gasteiger partial charge in [0.05, 0.1) is 17.3 Å². The molecule has 8 nitrogen and oxygen atoms in total. The van der Waals surface area contributed by atoms with E-state index >= 15 is 0 Å². The van der Waals surface area contributed by atoms with Gasteiger partial charge >= 0.3 is 6.16 Å². The first kappa shape index (κ1) is 13.7. The van der Waals surface area contributed by atoms with Crippen molar-refractivity contribution in [3.63, 3.8) is 0 Å². The van der Waals surface area contributed by atoms with Crippen LogP contribution in [0.4, 0.5) is 10.5 Å². The number of rotatable bonds is 4. The van der Waals surface area contributed by atoms with Crippen LogP contribution >= 0.6 is 11.8 Å². The average molecular weight is 293 g/mol. The van der Waals surface area contributed by atoms with Gasteiger partial charge in [0.25, 0.3) is 5.69 Å². The van der Waals surface area contributed by atoms with Crippen LogP contribution in [0.15, 0.2) is 46.6 Å². The van der Waals surface area contributed by atoms with Crippen LogP contribution in [0.25, 0.3) is 0 Å². The second kappa shape index (κ2) is 5.97. The molecule has 0 saturated heterocycles. The summed E-state index contributed by atoms with van der Waals surface area (Å²) in [6.07, 6.45) is 1.07. The number of hydrogen-bond donors (Lipinski definition) is 1. The third-order valence-corrected chi connectivity index (χ3v) is 2.93. The van der Waals surface area contributed by atoms with Gasteiger partial charge in [0.2, 0.25) is 5.88 Å². The monoisotopic (exact) mass is 293 g/mol. The van der Waals surface area contributed by atoms with E-state index < -0.39 is 11.1 Å². The lowest BCUT2D eigenvalue weighted by molar-refractivity contribution is -0.385. The van der Waals surface area contributed by atoms with Gasteiger partial charge in [0.1, 0.15) is 5.03 Å². The molecule has 2 rings (SSSR count). The Morgan fingerprint density at radius 2 is 2.20 bits per heavy atom. The fourth-order valence-electron chi connectivity index (χ4n) is 1.30. The van der Waals surface area contributed by atoms with Gasteiger partial charge in [-0.25, -0.2) is 9.78 Å².